The first kappa shape index (κ1) is 12.1. The smallest absolute Gasteiger partial charge is 0.230 e. The SMILES string of the molecule is Cc1cccnc1NC(=O)[C@@H]1CC(=O)N(C2CC2)C1. The molecule has 0 aromatic carbocycles. The number of carbonyl (C=O) groups is 2. The number of aryl methyl sites for hydroxylation is 1. The van der Waals surface area contributed by atoms with Crippen LogP contribution in [0.3, 0.4) is 0 Å². The molecule has 3 rings (SSSR count). The number of hydrogen-bond donors (Lipinski definition) is 1. The van der Waals surface area contributed by atoms with Crippen molar-refractivity contribution >= 4 is 17.6 Å². The fraction of sp³-hybridized carbons (Fsp3) is 0.500. The van der Waals surface area contributed by atoms with Gasteiger partial charge in [-0.25, -0.2) is 4.98 Å². The third-order valence-electron chi connectivity index (χ3n) is 3.77. The van der Waals surface area contributed by atoms with E-state index in [9.17, 15) is 9.59 Å². The van der Waals surface area contributed by atoms with Gasteiger partial charge in [0.1, 0.15) is 5.82 Å². The van der Waals surface area contributed by atoms with Gasteiger partial charge in [0.15, 0.2) is 0 Å². The van der Waals surface area contributed by atoms with Gasteiger partial charge >= 0.3 is 0 Å². The zero-order valence-corrected chi connectivity index (χ0v) is 10.9. The number of carbonyl (C=O) groups excluding carboxylic acids is 2. The molecule has 1 saturated carbocycles. The van der Waals surface area contributed by atoms with Crippen LogP contribution in [0.5, 0.6) is 0 Å². The van der Waals surface area contributed by atoms with Gasteiger partial charge in [-0.3, -0.25) is 9.59 Å². The van der Waals surface area contributed by atoms with Crippen LogP contribution >= 0.6 is 0 Å². The number of anilines is 1. The lowest BCUT2D eigenvalue weighted by Gasteiger charge is -2.15. The minimum Gasteiger partial charge on any atom is -0.339 e. The monoisotopic (exact) mass is 259 g/mol. The molecule has 5 nitrogen and oxygen atoms in total. The van der Waals surface area contributed by atoms with E-state index in [1.54, 1.807) is 6.20 Å². The minimum atomic E-state index is -0.241. The molecule has 2 heterocycles. The summed E-state index contributed by atoms with van der Waals surface area (Å²) in [6, 6.07) is 4.12. The third-order valence-corrected chi connectivity index (χ3v) is 3.77. The Bertz CT molecular complexity index is 525. The molecule has 1 aromatic rings. The summed E-state index contributed by atoms with van der Waals surface area (Å²) in [6.07, 6.45) is 4.14. The second kappa shape index (κ2) is 4.64. The van der Waals surface area contributed by atoms with E-state index in [2.05, 4.69) is 10.3 Å². The molecule has 0 unspecified atom stereocenters. The van der Waals surface area contributed by atoms with Gasteiger partial charge in [-0.2, -0.15) is 0 Å². The lowest BCUT2D eigenvalue weighted by Crippen LogP contribution is -2.30. The van der Waals surface area contributed by atoms with Crippen molar-refractivity contribution in [2.75, 3.05) is 11.9 Å². The maximum atomic E-state index is 12.2. The number of amides is 2. The zero-order valence-electron chi connectivity index (χ0n) is 10.9. The molecule has 2 fully saturated rings. The van der Waals surface area contributed by atoms with Crippen molar-refractivity contribution in [1.29, 1.82) is 0 Å². The molecule has 1 aromatic heterocycles. The number of nitrogens with zero attached hydrogens (tertiary/aromatic N) is 2. The van der Waals surface area contributed by atoms with Gasteiger partial charge in [0.2, 0.25) is 11.8 Å². The maximum absolute atomic E-state index is 12.2. The fourth-order valence-corrected chi connectivity index (χ4v) is 2.48. The minimum absolute atomic E-state index is 0.0988. The predicted octanol–water partition coefficient (Wildman–Crippen LogP) is 1.34. The average molecular weight is 259 g/mol. The summed E-state index contributed by atoms with van der Waals surface area (Å²) >= 11 is 0. The van der Waals surface area contributed by atoms with Crippen molar-refractivity contribution in [3.63, 3.8) is 0 Å². The summed E-state index contributed by atoms with van der Waals surface area (Å²) < 4.78 is 0. The molecule has 0 bridgehead atoms. The largest absolute Gasteiger partial charge is 0.339 e. The average Bonchev–Trinajstić information content (AvgIpc) is 3.15. The highest BCUT2D eigenvalue weighted by Gasteiger charge is 2.41. The highest BCUT2D eigenvalue weighted by Crippen LogP contribution is 2.32. The Balaban J connectivity index is 1.65. The number of nitrogens with one attached hydrogen (secondary N) is 1. The van der Waals surface area contributed by atoms with Gasteiger partial charge in [-0.15, -0.1) is 0 Å². The molecule has 5 heteroatoms. The molecule has 100 valence electrons. The first-order valence-electron chi connectivity index (χ1n) is 6.67. The van der Waals surface area contributed by atoms with Crippen LogP contribution in [0.4, 0.5) is 5.82 Å². The van der Waals surface area contributed by atoms with Gasteiger partial charge < -0.3 is 10.2 Å². The van der Waals surface area contributed by atoms with Crippen molar-refractivity contribution in [2.45, 2.75) is 32.2 Å². The number of hydrogen-bond acceptors (Lipinski definition) is 3. The molecule has 1 aliphatic heterocycles. The molecule has 19 heavy (non-hydrogen) atoms. The summed E-state index contributed by atoms with van der Waals surface area (Å²) in [5.41, 5.74) is 0.930. The Kier molecular flexibility index (Phi) is 2.97. The van der Waals surface area contributed by atoms with Crippen molar-refractivity contribution in [2.24, 2.45) is 5.92 Å². The van der Waals surface area contributed by atoms with Crippen LogP contribution in [0.25, 0.3) is 0 Å². The predicted molar refractivity (Wildman–Crippen MR) is 70.4 cm³/mol. The summed E-state index contributed by atoms with van der Waals surface area (Å²) in [5.74, 6) is 0.359. The number of aromatic nitrogens is 1. The van der Waals surface area contributed by atoms with Gasteiger partial charge in [-0.1, -0.05) is 6.07 Å². The molecular formula is C14H17N3O2. The van der Waals surface area contributed by atoms with Crippen molar-refractivity contribution < 1.29 is 9.59 Å². The van der Waals surface area contributed by atoms with Crippen LogP contribution in [0.15, 0.2) is 18.3 Å². The quantitative estimate of drug-likeness (QED) is 0.891. The summed E-state index contributed by atoms with van der Waals surface area (Å²) in [7, 11) is 0. The van der Waals surface area contributed by atoms with Gasteiger partial charge in [-0.05, 0) is 31.4 Å². The van der Waals surface area contributed by atoms with Crippen LogP contribution in [-0.2, 0) is 9.59 Å². The molecular weight excluding hydrogens is 242 g/mol. The Hall–Kier alpha value is -1.91. The highest BCUT2D eigenvalue weighted by molar-refractivity contribution is 5.97. The standard InChI is InChI=1S/C14H17N3O2/c1-9-3-2-6-15-13(9)16-14(19)10-7-12(18)17(8-10)11-4-5-11/h2-3,6,10-11H,4-5,7-8H2,1H3,(H,15,16,19)/t10-/m1/s1. The first-order valence-corrected chi connectivity index (χ1v) is 6.67. The fourth-order valence-electron chi connectivity index (χ4n) is 2.48. The van der Waals surface area contributed by atoms with Crippen molar-refractivity contribution in [3.05, 3.63) is 23.9 Å². The summed E-state index contributed by atoms with van der Waals surface area (Å²) in [4.78, 5) is 30.0. The molecule has 0 radical (unpaired) electrons. The van der Waals surface area contributed by atoms with E-state index >= 15 is 0 Å². The molecule has 1 saturated heterocycles. The second-order valence-corrected chi connectivity index (χ2v) is 5.34. The second-order valence-electron chi connectivity index (χ2n) is 5.34. The molecule has 1 atom stereocenters. The van der Waals surface area contributed by atoms with Gasteiger partial charge in [0.05, 0.1) is 5.92 Å². The van der Waals surface area contributed by atoms with E-state index in [1.165, 1.54) is 0 Å². The molecule has 0 spiro atoms. The first-order chi connectivity index (χ1) is 9.15. The normalized spacial score (nSPS) is 22.7. The van der Waals surface area contributed by atoms with Crippen LogP contribution < -0.4 is 5.32 Å². The van der Waals surface area contributed by atoms with E-state index < -0.39 is 0 Å². The van der Waals surface area contributed by atoms with E-state index in [0.29, 0.717) is 24.8 Å². The molecule has 2 aliphatic rings. The Morgan fingerprint density at radius 1 is 1.47 bits per heavy atom. The maximum Gasteiger partial charge on any atom is 0.230 e. The number of rotatable bonds is 3. The van der Waals surface area contributed by atoms with Gasteiger partial charge in [0, 0.05) is 25.2 Å². The van der Waals surface area contributed by atoms with E-state index in [1.807, 2.05) is 24.0 Å². The van der Waals surface area contributed by atoms with E-state index in [4.69, 9.17) is 0 Å². The molecule has 2 amide bonds. The van der Waals surface area contributed by atoms with Crippen LogP contribution in [-0.4, -0.2) is 34.3 Å². The highest BCUT2D eigenvalue weighted by atomic mass is 16.2. The van der Waals surface area contributed by atoms with E-state index in [-0.39, 0.29) is 17.7 Å². The van der Waals surface area contributed by atoms with Crippen LogP contribution in [0.2, 0.25) is 0 Å². The third kappa shape index (κ3) is 2.45. The van der Waals surface area contributed by atoms with Crippen LogP contribution in [0, 0.1) is 12.8 Å². The summed E-state index contributed by atoms with van der Waals surface area (Å²) in [6.45, 7) is 2.46. The lowest BCUT2D eigenvalue weighted by atomic mass is 10.1. The van der Waals surface area contributed by atoms with E-state index in [0.717, 1.165) is 18.4 Å². The number of likely N-dealkylation sites (tertiary alicyclic amines) is 1. The topological polar surface area (TPSA) is 62.3 Å². The number of pyridine rings is 1. The van der Waals surface area contributed by atoms with Crippen molar-refractivity contribution in [3.8, 4) is 0 Å². The summed E-state index contributed by atoms with van der Waals surface area (Å²) in [5, 5.41) is 2.82. The molecule has 1 N–H and O–H groups in total. The van der Waals surface area contributed by atoms with Crippen LogP contribution in [0.1, 0.15) is 24.8 Å². The van der Waals surface area contributed by atoms with Crippen molar-refractivity contribution in [1.82, 2.24) is 9.88 Å². The Morgan fingerprint density at radius 3 is 2.95 bits per heavy atom. The zero-order chi connectivity index (χ0) is 13.4. The lowest BCUT2D eigenvalue weighted by molar-refractivity contribution is -0.128. The molecule has 1 aliphatic carbocycles. The van der Waals surface area contributed by atoms with Gasteiger partial charge in [0.25, 0.3) is 0 Å². The Labute approximate surface area is 112 Å². The Morgan fingerprint density at radius 2 is 2.26 bits per heavy atom.